The van der Waals surface area contributed by atoms with Crippen LogP contribution in [0.4, 0.5) is 13.2 Å². The third-order valence-corrected chi connectivity index (χ3v) is 1.95. The summed E-state index contributed by atoms with van der Waals surface area (Å²) in [5.41, 5.74) is -1.29. The van der Waals surface area contributed by atoms with E-state index in [1.165, 1.54) is 0 Å². The SMILES string of the molecule is O=C(O)Cc1cc(Cl)ccc1C(F)(F)F. The first-order chi connectivity index (χ1) is 6.80. The molecule has 0 heterocycles. The highest BCUT2D eigenvalue weighted by Gasteiger charge is 2.33. The zero-order valence-electron chi connectivity index (χ0n) is 7.31. The Morgan fingerprint density at radius 2 is 2.00 bits per heavy atom. The van der Waals surface area contributed by atoms with Crippen molar-refractivity contribution in [1.82, 2.24) is 0 Å². The molecule has 6 heteroatoms. The number of halogens is 4. The third kappa shape index (κ3) is 3.13. The molecule has 0 atom stereocenters. The Morgan fingerprint density at radius 3 is 2.47 bits per heavy atom. The molecule has 82 valence electrons. The first-order valence-corrected chi connectivity index (χ1v) is 4.26. The van der Waals surface area contributed by atoms with Crippen molar-refractivity contribution < 1.29 is 23.1 Å². The van der Waals surface area contributed by atoms with E-state index in [2.05, 4.69) is 0 Å². The Balaban J connectivity index is 3.20. The molecule has 0 aliphatic carbocycles. The van der Waals surface area contributed by atoms with E-state index in [0.29, 0.717) is 0 Å². The summed E-state index contributed by atoms with van der Waals surface area (Å²) in [6.07, 6.45) is -5.26. The van der Waals surface area contributed by atoms with Crippen molar-refractivity contribution in [1.29, 1.82) is 0 Å². The van der Waals surface area contributed by atoms with Gasteiger partial charge in [-0.15, -0.1) is 0 Å². The third-order valence-electron chi connectivity index (χ3n) is 1.71. The number of carboxylic acids is 1. The average molecular weight is 239 g/mol. The smallest absolute Gasteiger partial charge is 0.416 e. The highest BCUT2D eigenvalue weighted by atomic mass is 35.5. The van der Waals surface area contributed by atoms with Crippen molar-refractivity contribution >= 4 is 17.6 Å². The fourth-order valence-corrected chi connectivity index (χ4v) is 1.34. The van der Waals surface area contributed by atoms with Crippen LogP contribution in [0.5, 0.6) is 0 Å². The van der Waals surface area contributed by atoms with E-state index in [1.54, 1.807) is 0 Å². The van der Waals surface area contributed by atoms with E-state index in [-0.39, 0.29) is 10.6 Å². The zero-order valence-corrected chi connectivity index (χ0v) is 8.06. The largest absolute Gasteiger partial charge is 0.481 e. The van der Waals surface area contributed by atoms with Crippen LogP contribution in [0.1, 0.15) is 11.1 Å². The van der Waals surface area contributed by atoms with Crippen LogP contribution < -0.4 is 0 Å². The van der Waals surface area contributed by atoms with Crippen molar-refractivity contribution in [2.75, 3.05) is 0 Å². The lowest BCUT2D eigenvalue weighted by atomic mass is 10.0. The van der Waals surface area contributed by atoms with Crippen LogP contribution in [0.25, 0.3) is 0 Å². The van der Waals surface area contributed by atoms with Gasteiger partial charge >= 0.3 is 12.1 Å². The summed E-state index contributed by atoms with van der Waals surface area (Å²) >= 11 is 5.49. The van der Waals surface area contributed by atoms with Crippen LogP contribution >= 0.6 is 11.6 Å². The number of aliphatic carboxylic acids is 1. The number of alkyl halides is 3. The Hall–Kier alpha value is -1.23. The fourth-order valence-electron chi connectivity index (χ4n) is 1.15. The van der Waals surface area contributed by atoms with Gasteiger partial charge in [-0.3, -0.25) is 4.79 Å². The molecule has 1 N–H and O–H groups in total. The molecule has 0 aliphatic rings. The van der Waals surface area contributed by atoms with Crippen molar-refractivity contribution in [2.45, 2.75) is 12.6 Å². The van der Waals surface area contributed by atoms with Gasteiger partial charge in [-0.05, 0) is 23.8 Å². The molecule has 0 spiro atoms. The topological polar surface area (TPSA) is 37.3 Å². The molecular weight excluding hydrogens is 233 g/mol. The standard InChI is InChI=1S/C9H6ClF3O2/c10-6-1-2-7(9(11,12)13)5(3-6)4-8(14)15/h1-3H,4H2,(H,14,15). The van der Waals surface area contributed by atoms with Crippen LogP contribution in [-0.2, 0) is 17.4 Å². The summed E-state index contributed by atoms with van der Waals surface area (Å²) in [7, 11) is 0. The number of benzene rings is 1. The highest BCUT2D eigenvalue weighted by Crippen LogP contribution is 2.33. The second kappa shape index (κ2) is 4.10. The summed E-state index contributed by atoms with van der Waals surface area (Å²) in [6.45, 7) is 0. The molecule has 0 saturated heterocycles. The van der Waals surface area contributed by atoms with Crippen LogP contribution in [-0.4, -0.2) is 11.1 Å². The lowest BCUT2D eigenvalue weighted by molar-refractivity contribution is -0.139. The maximum Gasteiger partial charge on any atom is 0.416 e. The average Bonchev–Trinajstić information content (AvgIpc) is 1.99. The number of hydrogen-bond donors (Lipinski definition) is 1. The molecule has 0 bridgehead atoms. The molecule has 0 aliphatic heterocycles. The molecule has 0 saturated carbocycles. The van der Waals surface area contributed by atoms with Gasteiger partial charge in [0.1, 0.15) is 0 Å². The zero-order chi connectivity index (χ0) is 11.6. The van der Waals surface area contributed by atoms with Gasteiger partial charge in [-0.2, -0.15) is 13.2 Å². The minimum Gasteiger partial charge on any atom is -0.481 e. The number of rotatable bonds is 2. The molecule has 1 rings (SSSR count). The van der Waals surface area contributed by atoms with E-state index in [9.17, 15) is 18.0 Å². The summed E-state index contributed by atoms with van der Waals surface area (Å²) < 4.78 is 37.2. The summed E-state index contributed by atoms with van der Waals surface area (Å²) in [5.74, 6) is -1.33. The second-order valence-electron chi connectivity index (χ2n) is 2.87. The van der Waals surface area contributed by atoms with Gasteiger partial charge in [0.05, 0.1) is 12.0 Å². The Kier molecular flexibility index (Phi) is 3.24. The van der Waals surface area contributed by atoms with Crippen molar-refractivity contribution in [3.63, 3.8) is 0 Å². The van der Waals surface area contributed by atoms with E-state index in [1.807, 2.05) is 0 Å². The van der Waals surface area contributed by atoms with E-state index in [4.69, 9.17) is 16.7 Å². The molecule has 0 aromatic heterocycles. The fraction of sp³-hybridized carbons (Fsp3) is 0.222. The summed E-state index contributed by atoms with van der Waals surface area (Å²) in [4.78, 5) is 10.3. The number of hydrogen-bond acceptors (Lipinski definition) is 1. The molecule has 0 unspecified atom stereocenters. The predicted octanol–water partition coefficient (Wildman–Crippen LogP) is 2.99. The monoisotopic (exact) mass is 238 g/mol. The van der Waals surface area contributed by atoms with Gasteiger partial charge in [0, 0.05) is 5.02 Å². The maximum absolute atomic E-state index is 12.4. The van der Waals surface area contributed by atoms with Crippen LogP contribution in [0.3, 0.4) is 0 Å². The van der Waals surface area contributed by atoms with Gasteiger partial charge in [-0.25, -0.2) is 0 Å². The van der Waals surface area contributed by atoms with Gasteiger partial charge < -0.3 is 5.11 Å². The number of carbonyl (C=O) groups is 1. The van der Waals surface area contributed by atoms with Crippen molar-refractivity contribution in [3.8, 4) is 0 Å². The van der Waals surface area contributed by atoms with Crippen molar-refractivity contribution in [3.05, 3.63) is 34.3 Å². The van der Waals surface area contributed by atoms with Crippen LogP contribution in [0.15, 0.2) is 18.2 Å². The van der Waals surface area contributed by atoms with Crippen LogP contribution in [0, 0.1) is 0 Å². The van der Waals surface area contributed by atoms with E-state index < -0.39 is 24.1 Å². The number of carboxylic acid groups (broad SMARTS) is 1. The first-order valence-electron chi connectivity index (χ1n) is 3.88. The molecule has 0 radical (unpaired) electrons. The Morgan fingerprint density at radius 1 is 1.40 bits per heavy atom. The van der Waals surface area contributed by atoms with Crippen molar-refractivity contribution in [2.24, 2.45) is 0 Å². The Bertz CT molecular complexity index is 387. The molecule has 2 nitrogen and oxygen atoms in total. The first kappa shape index (κ1) is 11.8. The molecule has 1 aromatic rings. The molecular formula is C9H6ClF3O2. The highest BCUT2D eigenvalue weighted by molar-refractivity contribution is 6.30. The van der Waals surface area contributed by atoms with Gasteiger partial charge in [0.25, 0.3) is 0 Å². The molecule has 15 heavy (non-hydrogen) atoms. The lowest BCUT2D eigenvalue weighted by Gasteiger charge is -2.11. The van der Waals surface area contributed by atoms with E-state index >= 15 is 0 Å². The van der Waals surface area contributed by atoms with Crippen LogP contribution in [0.2, 0.25) is 5.02 Å². The second-order valence-corrected chi connectivity index (χ2v) is 3.31. The minimum atomic E-state index is -4.56. The molecule has 1 aromatic carbocycles. The van der Waals surface area contributed by atoms with Gasteiger partial charge in [0.2, 0.25) is 0 Å². The predicted molar refractivity (Wildman–Crippen MR) is 47.8 cm³/mol. The van der Waals surface area contributed by atoms with E-state index in [0.717, 1.165) is 18.2 Å². The minimum absolute atomic E-state index is 0.0826. The van der Waals surface area contributed by atoms with Gasteiger partial charge in [-0.1, -0.05) is 11.6 Å². The summed E-state index contributed by atoms with van der Waals surface area (Å²) in [6, 6.07) is 2.87. The maximum atomic E-state index is 12.4. The quantitative estimate of drug-likeness (QED) is 0.860. The molecule has 0 amide bonds. The van der Waals surface area contributed by atoms with Gasteiger partial charge in [0.15, 0.2) is 0 Å². The molecule has 0 fully saturated rings. The normalized spacial score (nSPS) is 11.5. The Labute approximate surface area is 88.3 Å². The summed E-state index contributed by atoms with van der Waals surface area (Å²) in [5, 5.41) is 8.52. The lowest BCUT2D eigenvalue weighted by Crippen LogP contribution is -2.12.